The fourth-order valence-electron chi connectivity index (χ4n) is 8.21. The van der Waals surface area contributed by atoms with Gasteiger partial charge >= 0.3 is 11.9 Å². The molecule has 0 bridgehead atoms. The van der Waals surface area contributed by atoms with E-state index in [1.54, 1.807) is 13.8 Å². The molecule has 7 nitrogen and oxygen atoms in total. The first-order valence-corrected chi connectivity index (χ1v) is 31.0. The fraction of sp³-hybridized carbons (Fsp3) is 0.159. The Balaban J connectivity index is 0.949. The maximum absolute atomic E-state index is 15.7. The number of carbonyl (C=O) groups is 2. The summed E-state index contributed by atoms with van der Waals surface area (Å²) in [6, 6.07) is 63.8. The molecule has 0 atom stereocenters. The highest BCUT2D eigenvalue weighted by molar-refractivity contribution is 8.24. The Hall–Kier alpha value is -8.58. The minimum absolute atomic E-state index is 0.213. The lowest BCUT2D eigenvalue weighted by Gasteiger charge is -2.29. The summed E-state index contributed by atoms with van der Waals surface area (Å²) in [5.41, 5.74) is 6.83. The molecule has 0 fully saturated rings. The van der Waals surface area contributed by atoms with Crippen molar-refractivity contribution in [3.63, 3.8) is 0 Å². The van der Waals surface area contributed by atoms with Crippen molar-refractivity contribution in [3.8, 4) is 58.9 Å². The molecule has 8 aromatic carbocycles. The van der Waals surface area contributed by atoms with E-state index in [0.717, 1.165) is 77.2 Å². The normalized spacial score (nSPS) is 10.7. The van der Waals surface area contributed by atoms with Gasteiger partial charge in [0.15, 0.2) is 0 Å². The van der Waals surface area contributed by atoms with E-state index in [0.29, 0.717) is 52.1 Å². The van der Waals surface area contributed by atoms with Gasteiger partial charge in [-0.1, -0.05) is 144 Å². The molecule has 0 aromatic heterocycles. The van der Waals surface area contributed by atoms with E-state index in [2.05, 4.69) is 71.6 Å². The van der Waals surface area contributed by atoms with Gasteiger partial charge in [-0.05, 0) is 159 Å². The number of hydrogen-bond acceptors (Lipinski definition) is 8. The quantitative estimate of drug-likeness (QED) is 0.0363. The monoisotopic (exact) mass is 1090 g/mol. The Morgan fingerprint density at radius 2 is 0.646 bits per heavy atom. The lowest BCUT2D eigenvalue weighted by atomic mass is 10.1. The summed E-state index contributed by atoms with van der Waals surface area (Å²) in [4.78, 5) is 23.1. The molecule has 0 N–H and O–H groups in total. The van der Waals surface area contributed by atoms with Crippen LogP contribution < -0.4 is 30.7 Å². The van der Waals surface area contributed by atoms with Crippen molar-refractivity contribution in [1.82, 2.24) is 0 Å². The molecule has 8 aromatic rings. The third-order valence-corrected chi connectivity index (χ3v) is 22.4. The second-order valence-electron chi connectivity index (χ2n) is 18.1. The smallest absolute Gasteiger partial charge is 0.305 e. The first kappa shape index (κ1) is 56.6. The van der Waals surface area contributed by atoms with Gasteiger partial charge in [-0.25, -0.2) is 0 Å². The molecule has 8 rings (SSSR count). The van der Waals surface area contributed by atoms with E-state index in [1.165, 1.54) is 0 Å². The van der Waals surface area contributed by atoms with Gasteiger partial charge in [0.25, 0.3) is 0 Å². The Morgan fingerprint density at radius 3 is 0.924 bits per heavy atom. The van der Waals surface area contributed by atoms with Gasteiger partial charge in [-0.3, -0.25) is 9.59 Å². The Bertz CT molecular complexity index is 3440. The zero-order valence-corrected chi connectivity index (χ0v) is 46.8. The van der Waals surface area contributed by atoms with Crippen LogP contribution in [0.4, 0.5) is 0 Å². The summed E-state index contributed by atoms with van der Waals surface area (Å²) in [5.74, 6) is 27.4. The zero-order valence-electron chi connectivity index (χ0n) is 44.2. The molecule has 10 heteroatoms. The molecule has 0 aliphatic heterocycles. The number of benzene rings is 8. The first-order chi connectivity index (χ1) is 38.6. The van der Waals surface area contributed by atoms with Crippen LogP contribution in [0.2, 0.25) is 0 Å². The number of carbonyl (C=O) groups excluding carboxylic acids is 2. The van der Waals surface area contributed by atoms with Crippen molar-refractivity contribution in [2.45, 2.75) is 39.5 Å². The third kappa shape index (κ3) is 16.7. The van der Waals surface area contributed by atoms with Crippen molar-refractivity contribution >= 4 is 58.1 Å². The molecule has 0 saturated carbocycles. The van der Waals surface area contributed by atoms with Crippen LogP contribution in [0.5, 0.6) is 11.5 Å². The predicted octanol–water partition coefficient (Wildman–Crippen LogP) is 12.1. The fourth-order valence-corrected chi connectivity index (χ4v) is 18.4. The van der Waals surface area contributed by atoms with Crippen molar-refractivity contribution < 1.29 is 33.1 Å². The highest BCUT2D eigenvalue weighted by Crippen LogP contribution is 2.59. The summed E-state index contributed by atoms with van der Waals surface area (Å²) in [7, 11) is -3.25. The average Bonchev–Trinajstić information content (AvgIpc) is 3.53. The topological polar surface area (TPSA) is 88.1 Å². The largest absolute Gasteiger partial charge is 0.494 e. The minimum atomic E-state index is -3.25. The maximum atomic E-state index is 15.7. The van der Waals surface area contributed by atoms with Crippen LogP contribution in [0.1, 0.15) is 84.0 Å². The van der Waals surface area contributed by atoms with Crippen molar-refractivity contribution in [1.29, 1.82) is 0 Å². The standard InChI is InChI=1S/C69H58O7P2S/c1-3-73-68(70)17-11-51-75-62-43-35-58(36-44-62)31-27-54-19-23-56(24-20-54)29-33-60-39-47-66(48-40-60)78(79,53-77(72,64-13-7-5-8-14-64)65-15-9-6-10-16-65)67-49-41-61(42-50-67)34-30-57-25-21-55(22-26-57)28-32-59-37-45-63(46-38-59)76-52-12-18-69(71)74-4-2/h5-10,13-16,19-26,35-50H,3-4,11-12,17-18,51-53H2,1-2H3. The summed E-state index contributed by atoms with van der Waals surface area (Å²) in [5, 5.41) is 3.44. The van der Waals surface area contributed by atoms with E-state index >= 15 is 4.57 Å². The maximum Gasteiger partial charge on any atom is 0.305 e. The molecule has 79 heavy (non-hydrogen) atoms. The van der Waals surface area contributed by atoms with Gasteiger partial charge in [-0.2, -0.15) is 0 Å². The number of ether oxygens (including phenoxy) is 4. The Kier molecular flexibility index (Phi) is 20.6. The summed E-state index contributed by atoms with van der Waals surface area (Å²) in [6.07, 6.45) is 1.84. The highest BCUT2D eigenvalue weighted by Gasteiger charge is 2.36. The average molecular weight is 1090 g/mol. The number of hydrogen-bond donors (Lipinski definition) is 0. The van der Waals surface area contributed by atoms with Gasteiger partial charge in [0.2, 0.25) is 0 Å². The minimum Gasteiger partial charge on any atom is -0.494 e. The summed E-state index contributed by atoms with van der Waals surface area (Å²) in [6.45, 7) is 5.22. The van der Waals surface area contributed by atoms with Crippen LogP contribution in [0.3, 0.4) is 0 Å². The second-order valence-corrected chi connectivity index (χ2v) is 26.1. The molecule has 392 valence electrons. The molecular formula is C69H58O7P2S. The molecule has 0 spiro atoms. The number of rotatable bonds is 18. The van der Waals surface area contributed by atoms with Crippen molar-refractivity contribution in [3.05, 3.63) is 251 Å². The van der Waals surface area contributed by atoms with Gasteiger partial charge in [0.1, 0.15) is 18.6 Å². The van der Waals surface area contributed by atoms with Crippen LogP contribution in [-0.2, 0) is 35.4 Å². The lowest BCUT2D eigenvalue weighted by Crippen LogP contribution is -2.25. The third-order valence-electron chi connectivity index (χ3n) is 12.4. The molecule has 0 aliphatic rings. The molecule has 0 amide bonds. The molecular weight excluding hydrogens is 1030 g/mol. The lowest BCUT2D eigenvalue weighted by molar-refractivity contribution is -0.144. The number of esters is 2. The predicted molar refractivity (Wildman–Crippen MR) is 323 cm³/mol. The van der Waals surface area contributed by atoms with Crippen LogP contribution in [-0.4, -0.2) is 44.3 Å². The summed E-state index contributed by atoms with van der Waals surface area (Å²) < 4.78 is 37.2. The van der Waals surface area contributed by atoms with Crippen molar-refractivity contribution in [2.75, 3.05) is 32.3 Å². The van der Waals surface area contributed by atoms with Crippen molar-refractivity contribution in [2.24, 2.45) is 0 Å². The summed E-state index contributed by atoms with van der Waals surface area (Å²) >= 11 is 6.87. The van der Waals surface area contributed by atoms with E-state index < -0.39 is 13.2 Å². The highest BCUT2D eigenvalue weighted by atomic mass is 32.4. The van der Waals surface area contributed by atoms with E-state index in [4.69, 9.17) is 30.8 Å². The molecule has 0 radical (unpaired) electrons. The van der Waals surface area contributed by atoms with E-state index in [-0.39, 0.29) is 17.8 Å². The molecule has 0 aliphatic carbocycles. The van der Waals surface area contributed by atoms with E-state index in [9.17, 15) is 9.59 Å². The first-order valence-electron chi connectivity index (χ1n) is 26.1. The van der Waals surface area contributed by atoms with E-state index in [1.807, 2.05) is 182 Å². The van der Waals surface area contributed by atoms with Crippen LogP contribution in [0, 0.1) is 47.4 Å². The SMILES string of the molecule is CCOC(=O)CCCOc1ccc(C#Cc2ccc(C#Cc3ccc(P(=S)(CP(=O)(c4ccccc4)c4ccccc4)c4ccc(C#Cc5ccc(C#Cc6ccc(OCCCC(=O)OCC)cc6)cc5)cc4)cc3)cc2)cc1. The molecule has 0 heterocycles. The van der Waals surface area contributed by atoms with Gasteiger partial charge < -0.3 is 23.5 Å². The molecule has 0 unspecified atom stereocenters. The van der Waals surface area contributed by atoms with Crippen LogP contribution in [0.25, 0.3) is 0 Å². The van der Waals surface area contributed by atoms with Gasteiger partial charge in [0, 0.05) is 79.9 Å². The van der Waals surface area contributed by atoms with Crippen LogP contribution in [0.15, 0.2) is 206 Å². The zero-order chi connectivity index (χ0) is 55.1. The van der Waals surface area contributed by atoms with Crippen LogP contribution >= 0.6 is 13.2 Å². The van der Waals surface area contributed by atoms with Gasteiger partial charge in [-0.15, -0.1) is 0 Å². The Morgan fingerprint density at radius 1 is 0.380 bits per heavy atom. The Labute approximate surface area is 470 Å². The van der Waals surface area contributed by atoms with Gasteiger partial charge in [0.05, 0.1) is 26.4 Å². The molecule has 0 saturated heterocycles. The second kappa shape index (κ2) is 28.7.